The first-order chi connectivity index (χ1) is 11.5. The van der Waals surface area contributed by atoms with E-state index >= 15 is 0 Å². The Bertz CT molecular complexity index is 526. The van der Waals surface area contributed by atoms with E-state index in [1.54, 1.807) is 6.08 Å². The summed E-state index contributed by atoms with van der Waals surface area (Å²) in [6.45, 7) is 12.1. The van der Waals surface area contributed by atoms with Crippen LogP contribution in [0.15, 0.2) is 12.2 Å². The van der Waals surface area contributed by atoms with Crippen molar-refractivity contribution in [2.75, 3.05) is 13.2 Å². The molecular formula is C19H32O6. The topological polar surface area (TPSA) is 66.4 Å². The van der Waals surface area contributed by atoms with Crippen LogP contribution >= 0.6 is 0 Å². The summed E-state index contributed by atoms with van der Waals surface area (Å²) in [7, 11) is 0. The fourth-order valence-corrected chi connectivity index (χ4v) is 3.79. The first kappa shape index (κ1) is 19.3. The third kappa shape index (κ3) is 3.53. The largest absolute Gasteiger partial charge is 0.377 e. The van der Waals surface area contributed by atoms with E-state index in [9.17, 15) is 5.11 Å². The molecule has 3 fully saturated rings. The average molecular weight is 356 g/mol. The monoisotopic (exact) mass is 356 g/mol. The zero-order valence-corrected chi connectivity index (χ0v) is 16.2. The van der Waals surface area contributed by atoms with Crippen molar-refractivity contribution in [1.82, 2.24) is 0 Å². The molecule has 6 nitrogen and oxygen atoms in total. The summed E-state index contributed by atoms with van der Waals surface area (Å²) >= 11 is 0. The summed E-state index contributed by atoms with van der Waals surface area (Å²) in [5.74, 6) is -2.31. The minimum atomic E-state index is -1.49. The van der Waals surface area contributed by atoms with Crippen molar-refractivity contribution in [1.29, 1.82) is 0 Å². The van der Waals surface area contributed by atoms with Crippen LogP contribution in [0, 0.1) is 5.92 Å². The molecule has 0 radical (unpaired) electrons. The van der Waals surface area contributed by atoms with E-state index in [2.05, 4.69) is 13.8 Å². The summed E-state index contributed by atoms with van der Waals surface area (Å²) in [6.07, 6.45) is 4.72. The van der Waals surface area contributed by atoms with E-state index in [0.717, 1.165) is 12.8 Å². The lowest BCUT2D eigenvalue weighted by Gasteiger charge is -2.49. The molecule has 0 aromatic heterocycles. The van der Waals surface area contributed by atoms with Gasteiger partial charge >= 0.3 is 0 Å². The van der Waals surface area contributed by atoms with Gasteiger partial charge in [0, 0.05) is 0 Å². The van der Waals surface area contributed by atoms with Gasteiger partial charge in [-0.1, -0.05) is 19.9 Å². The first-order valence-corrected chi connectivity index (χ1v) is 9.22. The van der Waals surface area contributed by atoms with Gasteiger partial charge in [-0.25, -0.2) is 0 Å². The van der Waals surface area contributed by atoms with Crippen molar-refractivity contribution >= 4 is 0 Å². The lowest BCUT2D eigenvalue weighted by Crippen LogP contribution is -2.70. The van der Waals surface area contributed by atoms with Crippen molar-refractivity contribution in [2.24, 2.45) is 5.92 Å². The van der Waals surface area contributed by atoms with Crippen LogP contribution in [-0.4, -0.2) is 53.5 Å². The molecule has 3 aliphatic heterocycles. The Kier molecular flexibility index (Phi) is 4.85. The van der Waals surface area contributed by atoms with E-state index in [1.165, 1.54) is 0 Å². The van der Waals surface area contributed by atoms with Crippen molar-refractivity contribution in [2.45, 2.75) is 89.6 Å². The van der Waals surface area contributed by atoms with E-state index in [1.807, 2.05) is 33.8 Å². The first-order valence-electron chi connectivity index (χ1n) is 9.22. The van der Waals surface area contributed by atoms with Gasteiger partial charge in [0.15, 0.2) is 17.2 Å². The summed E-state index contributed by atoms with van der Waals surface area (Å²) in [5, 5.41) is 11.7. The SMILES string of the molecule is CC(C)CCC=C[C@@]1(O)[C@@H]2OC(C)(C)O[C@@H]2CO[C@]12COC(C)(C)O2. The highest BCUT2D eigenvalue weighted by atomic mass is 16.9. The van der Waals surface area contributed by atoms with Gasteiger partial charge in [0.25, 0.3) is 0 Å². The number of ether oxygens (including phenoxy) is 5. The summed E-state index contributed by atoms with van der Waals surface area (Å²) in [6, 6.07) is 0. The van der Waals surface area contributed by atoms with Gasteiger partial charge in [-0.3, -0.25) is 0 Å². The Labute approximate surface area is 150 Å². The van der Waals surface area contributed by atoms with Crippen LogP contribution in [0.1, 0.15) is 54.4 Å². The van der Waals surface area contributed by atoms with E-state index < -0.39 is 29.1 Å². The minimum absolute atomic E-state index is 0.137. The van der Waals surface area contributed by atoms with Crippen LogP contribution < -0.4 is 0 Å². The number of allylic oxidation sites excluding steroid dienone is 1. The van der Waals surface area contributed by atoms with Crippen molar-refractivity contribution in [3.05, 3.63) is 12.2 Å². The molecule has 0 aliphatic carbocycles. The van der Waals surface area contributed by atoms with Gasteiger partial charge in [-0.05, 0) is 52.5 Å². The summed E-state index contributed by atoms with van der Waals surface area (Å²) < 4.78 is 29.8. The van der Waals surface area contributed by atoms with Gasteiger partial charge in [0.1, 0.15) is 18.8 Å². The predicted octanol–water partition coefficient (Wildman–Crippen LogP) is 2.74. The molecule has 0 amide bonds. The van der Waals surface area contributed by atoms with Gasteiger partial charge < -0.3 is 28.8 Å². The lowest BCUT2D eigenvalue weighted by molar-refractivity contribution is -0.352. The van der Waals surface area contributed by atoms with Crippen LogP contribution in [0.5, 0.6) is 0 Å². The Morgan fingerprint density at radius 1 is 1.08 bits per heavy atom. The van der Waals surface area contributed by atoms with Crippen molar-refractivity contribution in [3.8, 4) is 0 Å². The van der Waals surface area contributed by atoms with E-state index in [0.29, 0.717) is 5.92 Å². The molecule has 25 heavy (non-hydrogen) atoms. The minimum Gasteiger partial charge on any atom is -0.377 e. The standard InChI is InChI=1S/C19H32O6/c1-13(2)9-7-8-10-18(20)15-14(23-17(5,6)24-15)11-21-19(18)12-22-16(3,4)25-19/h8,10,13-15,20H,7,9,11-12H2,1-6H3/t14-,15-,18-,19+/m1/s1. The van der Waals surface area contributed by atoms with Gasteiger partial charge in [-0.15, -0.1) is 0 Å². The number of fused-ring (bicyclic) bond motifs is 1. The molecule has 0 saturated carbocycles. The molecule has 3 saturated heterocycles. The number of aliphatic hydroxyl groups is 1. The second-order valence-electron chi connectivity index (χ2n) is 8.65. The van der Waals surface area contributed by atoms with Crippen LogP contribution in [0.2, 0.25) is 0 Å². The van der Waals surface area contributed by atoms with Crippen LogP contribution in [0.3, 0.4) is 0 Å². The quantitative estimate of drug-likeness (QED) is 0.782. The molecule has 3 heterocycles. The van der Waals surface area contributed by atoms with Crippen molar-refractivity contribution < 1.29 is 28.8 Å². The third-order valence-electron chi connectivity index (χ3n) is 5.01. The van der Waals surface area contributed by atoms with Crippen LogP contribution in [-0.2, 0) is 23.7 Å². The van der Waals surface area contributed by atoms with E-state index in [-0.39, 0.29) is 19.3 Å². The number of hydrogen-bond donors (Lipinski definition) is 1. The molecule has 144 valence electrons. The Hall–Kier alpha value is -0.500. The molecule has 1 N–H and O–H groups in total. The normalized spacial score (nSPS) is 42.6. The highest BCUT2D eigenvalue weighted by Crippen LogP contribution is 2.50. The smallest absolute Gasteiger partial charge is 0.230 e. The Balaban J connectivity index is 1.90. The van der Waals surface area contributed by atoms with Crippen LogP contribution in [0.4, 0.5) is 0 Å². The summed E-state index contributed by atoms with van der Waals surface area (Å²) in [5.41, 5.74) is -1.49. The Morgan fingerprint density at radius 2 is 1.80 bits per heavy atom. The second kappa shape index (κ2) is 6.29. The molecule has 6 heteroatoms. The van der Waals surface area contributed by atoms with Gasteiger partial charge in [0.05, 0.1) is 6.61 Å². The van der Waals surface area contributed by atoms with Gasteiger partial charge in [-0.2, -0.15) is 0 Å². The maximum Gasteiger partial charge on any atom is 0.230 e. The molecule has 3 rings (SSSR count). The average Bonchev–Trinajstić information content (AvgIpc) is 2.97. The van der Waals surface area contributed by atoms with Crippen molar-refractivity contribution in [3.63, 3.8) is 0 Å². The fraction of sp³-hybridized carbons (Fsp3) is 0.895. The lowest BCUT2D eigenvalue weighted by atomic mass is 9.81. The maximum absolute atomic E-state index is 11.7. The number of hydrogen-bond acceptors (Lipinski definition) is 6. The predicted molar refractivity (Wildman–Crippen MR) is 91.8 cm³/mol. The molecule has 0 aromatic carbocycles. The van der Waals surface area contributed by atoms with E-state index in [4.69, 9.17) is 23.7 Å². The Morgan fingerprint density at radius 3 is 2.40 bits per heavy atom. The van der Waals surface area contributed by atoms with Crippen LogP contribution in [0.25, 0.3) is 0 Å². The maximum atomic E-state index is 11.7. The molecule has 4 atom stereocenters. The molecule has 0 bridgehead atoms. The molecule has 0 unspecified atom stereocenters. The number of rotatable bonds is 4. The van der Waals surface area contributed by atoms with Gasteiger partial charge in [0.2, 0.25) is 5.79 Å². The zero-order chi connectivity index (χ0) is 18.5. The molecule has 3 aliphatic rings. The highest BCUT2D eigenvalue weighted by molar-refractivity contribution is 5.20. The molecule has 0 aromatic rings. The second-order valence-corrected chi connectivity index (χ2v) is 8.65. The molecule has 1 spiro atoms. The molecular weight excluding hydrogens is 324 g/mol. The highest BCUT2D eigenvalue weighted by Gasteiger charge is 2.69. The third-order valence-corrected chi connectivity index (χ3v) is 5.01. The summed E-state index contributed by atoms with van der Waals surface area (Å²) in [4.78, 5) is 0. The zero-order valence-electron chi connectivity index (χ0n) is 16.2. The fourth-order valence-electron chi connectivity index (χ4n) is 3.79.